The van der Waals surface area contributed by atoms with Crippen LogP contribution in [0.25, 0.3) is 0 Å². The van der Waals surface area contributed by atoms with E-state index in [9.17, 15) is 9.59 Å². The van der Waals surface area contributed by atoms with E-state index in [2.05, 4.69) is 19.9 Å². The SMILES string of the molecule is CC.CC.COc1nc(SC)ncc1C(=O)O.CSc1ncc(C(=O)O)c(Cl)n1. The number of aromatic carboxylic acids is 2. The first-order valence-corrected chi connectivity index (χ1v) is 11.1. The topological polar surface area (TPSA) is 135 Å². The molecule has 0 saturated carbocycles. The molecule has 0 aliphatic rings. The van der Waals surface area contributed by atoms with Crippen molar-refractivity contribution in [3.63, 3.8) is 0 Å². The summed E-state index contributed by atoms with van der Waals surface area (Å²) >= 11 is 8.19. The average Bonchev–Trinajstić information content (AvgIpc) is 2.75. The summed E-state index contributed by atoms with van der Waals surface area (Å²) in [7, 11) is 1.37. The van der Waals surface area contributed by atoms with E-state index in [-0.39, 0.29) is 22.2 Å². The second kappa shape index (κ2) is 16.8. The van der Waals surface area contributed by atoms with E-state index in [0.717, 1.165) is 0 Å². The third-order valence-corrected chi connectivity index (χ3v) is 3.88. The molecule has 2 heterocycles. The van der Waals surface area contributed by atoms with Gasteiger partial charge in [0.2, 0.25) is 5.88 Å². The molecule has 0 bridgehead atoms. The molecule has 162 valence electrons. The molecule has 0 fully saturated rings. The van der Waals surface area contributed by atoms with Gasteiger partial charge in [0.1, 0.15) is 16.3 Å². The normalized spacial score (nSPS) is 8.83. The van der Waals surface area contributed by atoms with Gasteiger partial charge in [-0.2, -0.15) is 4.98 Å². The lowest BCUT2D eigenvalue weighted by molar-refractivity contribution is 0.0682. The van der Waals surface area contributed by atoms with Crippen molar-refractivity contribution in [2.75, 3.05) is 19.6 Å². The number of methoxy groups -OCH3 is 1. The molecule has 0 aromatic carbocycles. The van der Waals surface area contributed by atoms with Crippen molar-refractivity contribution < 1.29 is 24.5 Å². The molecule has 0 atom stereocenters. The van der Waals surface area contributed by atoms with Crippen molar-refractivity contribution in [2.45, 2.75) is 38.0 Å². The maximum Gasteiger partial charge on any atom is 0.342 e. The minimum Gasteiger partial charge on any atom is -0.480 e. The fourth-order valence-electron chi connectivity index (χ4n) is 1.34. The number of nitrogens with zero attached hydrogens (tertiary/aromatic N) is 4. The number of carboxylic acids is 2. The first-order chi connectivity index (χ1) is 13.8. The molecular formula is C17H25ClN4O5S2. The fourth-order valence-corrected chi connectivity index (χ4v) is 2.27. The van der Waals surface area contributed by atoms with Gasteiger partial charge in [-0.05, 0) is 12.5 Å². The zero-order chi connectivity index (χ0) is 23.0. The quantitative estimate of drug-likeness (QED) is 0.367. The highest BCUT2D eigenvalue weighted by Gasteiger charge is 2.13. The Morgan fingerprint density at radius 2 is 1.31 bits per heavy atom. The van der Waals surface area contributed by atoms with Crippen LogP contribution in [-0.4, -0.2) is 61.7 Å². The number of hydrogen-bond acceptors (Lipinski definition) is 9. The molecule has 0 amide bonds. The average molecular weight is 465 g/mol. The second-order valence-electron chi connectivity index (χ2n) is 3.95. The van der Waals surface area contributed by atoms with Crippen molar-refractivity contribution in [2.24, 2.45) is 0 Å². The number of aromatic nitrogens is 4. The molecule has 0 saturated heterocycles. The van der Waals surface area contributed by atoms with Crippen LogP contribution < -0.4 is 4.74 Å². The van der Waals surface area contributed by atoms with E-state index >= 15 is 0 Å². The number of hydrogen-bond donors (Lipinski definition) is 2. The summed E-state index contributed by atoms with van der Waals surface area (Å²) in [6.45, 7) is 8.00. The zero-order valence-electron chi connectivity index (χ0n) is 17.3. The fraction of sp³-hybridized carbons (Fsp3) is 0.412. The van der Waals surface area contributed by atoms with Crippen molar-refractivity contribution in [1.82, 2.24) is 19.9 Å². The van der Waals surface area contributed by atoms with Crippen molar-refractivity contribution in [3.05, 3.63) is 28.7 Å². The number of halogens is 1. The Morgan fingerprint density at radius 3 is 1.66 bits per heavy atom. The molecule has 0 radical (unpaired) electrons. The third kappa shape index (κ3) is 10.3. The highest BCUT2D eigenvalue weighted by Crippen LogP contribution is 2.18. The van der Waals surface area contributed by atoms with Gasteiger partial charge in [-0.25, -0.2) is 24.5 Å². The van der Waals surface area contributed by atoms with Gasteiger partial charge in [-0.15, -0.1) is 0 Å². The Hall–Kier alpha value is -2.11. The predicted octanol–water partition coefficient (Wildman–Crippen LogP) is 4.51. The summed E-state index contributed by atoms with van der Waals surface area (Å²) < 4.78 is 4.80. The van der Waals surface area contributed by atoms with Crippen molar-refractivity contribution in [1.29, 1.82) is 0 Å². The van der Waals surface area contributed by atoms with Crippen LogP contribution in [0.3, 0.4) is 0 Å². The smallest absolute Gasteiger partial charge is 0.342 e. The zero-order valence-corrected chi connectivity index (χ0v) is 19.6. The van der Waals surface area contributed by atoms with Crippen LogP contribution in [0.4, 0.5) is 0 Å². The summed E-state index contributed by atoms with van der Waals surface area (Å²) in [5.74, 6) is -2.12. The molecular weight excluding hydrogens is 440 g/mol. The van der Waals surface area contributed by atoms with Crippen LogP contribution in [0, 0.1) is 0 Å². The van der Waals surface area contributed by atoms with Gasteiger partial charge in [-0.1, -0.05) is 62.8 Å². The van der Waals surface area contributed by atoms with Crippen LogP contribution in [0.1, 0.15) is 48.4 Å². The summed E-state index contributed by atoms with van der Waals surface area (Å²) in [4.78, 5) is 36.3. The molecule has 2 aromatic rings. The van der Waals surface area contributed by atoms with Crippen LogP contribution >= 0.6 is 35.1 Å². The van der Waals surface area contributed by atoms with Gasteiger partial charge >= 0.3 is 11.9 Å². The van der Waals surface area contributed by atoms with E-state index in [0.29, 0.717) is 10.3 Å². The molecule has 2 aromatic heterocycles. The van der Waals surface area contributed by atoms with E-state index < -0.39 is 11.9 Å². The standard InChI is InChI=1S/C7H8N2O3S.C6H5ClN2O2S.2C2H6/c1-12-5-4(6(10)11)3-8-7(9-5)13-2;1-12-6-8-2-3(5(10)11)4(7)9-6;2*1-2/h3H,1-2H3,(H,10,11);2H,1H3,(H,10,11);2*1-2H3. The molecule has 2 N–H and O–H groups in total. The Balaban J connectivity index is 0. The van der Waals surface area contributed by atoms with Gasteiger partial charge < -0.3 is 14.9 Å². The van der Waals surface area contributed by atoms with Gasteiger partial charge in [-0.3, -0.25) is 0 Å². The lowest BCUT2D eigenvalue weighted by Crippen LogP contribution is -2.04. The maximum atomic E-state index is 10.6. The third-order valence-electron chi connectivity index (χ3n) is 2.47. The first kappa shape index (κ1) is 29.1. The van der Waals surface area contributed by atoms with Gasteiger partial charge in [0, 0.05) is 12.4 Å². The van der Waals surface area contributed by atoms with Gasteiger partial charge in [0.05, 0.1) is 7.11 Å². The summed E-state index contributed by atoms with van der Waals surface area (Å²) in [6, 6.07) is 0. The van der Waals surface area contributed by atoms with E-state index in [1.165, 1.54) is 43.0 Å². The van der Waals surface area contributed by atoms with Crippen LogP contribution in [0.15, 0.2) is 22.7 Å². The summed E-state index contributed by atoms with van der Waals surface area (Å²) in [5, 5.41) is 18.2. The van der Waals surface area contributed by atoms with E-state index in [1.54, 1.807) is 12.5 Å². The summed E-state index contributed by atoms with van der Waals surface area (Å²) in [6.07, 6.45) is 6.02. The Bertz CT molecular complexity index is 781. The monoisotopic (exact) mass is 464 g/mol. The molecule has 0 aliphatic heterocycles. The lowest BCUT2D eigenvalue weighted by Gasteiger charge is -2.03. The first-order valence-electron chi connectivity index (χ1n) is 8.32. The number of thioether (sulfide) groups is 2. The Labute approximate surface area is 183 Å². The van der Waals surface area contributed by atoms with Crippen LogP contribution in [0.2, 0.25) is 5.15 Å². The number of carboxylic acid groups (broad SMARTS) is 2. The molecule has 0 spiro atoms. The highest BCUT2D eigenvalue weighted by molar-refractivity contribution is 7.98. The molecule has 0 unspecified atom stereocenters. The molecule has 29 heavy (non-hydrogen) atoms. The molecule has 12 heteroatoms. The van der Waals surface area contributed by atoms with E-state index in [4.69, 9.17) is 26.6 Å². The molecule has 0 aliphatic carbocycles. The van der Waals surface area contributed by atoms with Crippen molar-refractivity contribution in [3.8, 4) is 5.88 Å². The van der Waals surface area contributed by atoms with Gasteiger partial charge in [0.25, 0.3) is 0 Å². The van der Waals surface area contributed by atoms with Gasteiger partial charge in [0.15, 0.2) is 10.3 Å². The predicted molar refractivity (Wildman–Crippen MR) is 116 cm³/mol. The van der Waals surface area contributed by atoms with Crippen LogP contribution in [0.5, 0.6) is 5.88 Å². The largest absolute Gasteiger partial charge is 0.480 e. The minimum absolute atomic E-state index is 0.0261. The lowest BCUT2D eigenvalue weighted by atomic mass is 10.3. The maximum absolute atomic E-state index is 10.6. The summed E-state index contributed by atoms with van der Waals surface area (Å²) in [5.41, 5.74) is -0.102. The van der Waals surface area contributed by atoms with Crippen molar-refractivity contribution >= 4 is 47.1 Å². The number of rotatable bonds is 5. The Morgan fingerprint density at radius 1 is 0.897 bits per heavy atom. The second-order valence-corrected chi connectivity index (χ2v) is 5.86. The number of ether oxygens (including phenoxy) is 1. The molecule has 2 rings (SSSR count). The Kier molecular flexibility index (Phi) is 16.9. The van der Waals surface area contributed by atoms with Crippen LogP contribution in [-0.2, 0) is 0 Å². The number of carbonyl (C=O) groups is 2. The molecule has 9 nitrogen and oxygen atoms in total. The van der Waals surface area contributed by atoms with E-state index in [1.807, 2.05) is 27.7 Å². The minimum atomic E-state index is -1.12. The highest BCUT2D eigenvalue weighted by atomic mass is 35.5.